The van der Waals surface area contributed by atoms with Gasteiger partial charge in [0.15, 0.2) is 0 Å². The number of hydrogen-bond donors (Lipinski definition) is 2. The van der Waals surface area contributed by atoms with Crippen molar-refractivity contribution in [3.63, 3.8) is 0 Å². The molecule has 0 bridgehead atoms. The van der Waals surface area contributed by atoms with E-state index in [2.05, 4.69) is 5.32 Å². The highest BCUT2D eigenvalue weighted by atomic mass is 16.6. The van der Waals surface area contributed by atoms with Gasteiger partial charge >= 0.3 is 6.09 Å². The molecule has 0 saturated heterocycles. The Labute approximate surface area is 144 Å². The molecular weight excluding hydrogens is 324 g/mol. The maximum Gasteiger partial charge on any atom is 0.407 e. The first kappa shape index (κ1) is 16.9. The molecule has 0 spiro atoms. The van der Waals surface area contributed by atoms with Gasteiger partial charge in [-0.15, -0.1) is 0 Å². The summed E-state index contributed by atoms with van der Waals surface area (Å²) in [5.74, 6) is -0.0822. The molecule has 0 aromatic heterocycles. The van der Waals surface area contributed by atoms with Crippen molar-refractivity contribution in [3.05, 3.63) is 69.8 Å². The summed E-state index contributed by atoms with van der Waals surface area (Å²) in [5.41, 5.74) is 4.41. The van der Waals surface area contributed by atoms with Crippen molar-refractivity contribution in [2.24, 2.45) is 0 Å². The largest absolute Gasteiger partial charge is 0.449 e. The maximum atomic E-state index is 11.9. The van der Waals surface area contributed by atoms with Crippen LogP contribution >= 0.6 is 0 Å². The van der Waals surface area contributed by atoms with Gasteiger partial charge in [-0.25, -0.2) is 4.79 Å². The highest BCUT2D eigenvalue weighted by Crippen LogP contribution is 2.44. The van der Waals surface area contributed by atoms with E-state index in [1.165, 1.54) is 0 Å². The summed E-state index contributed by atoms with van der Waals surface area (Å²) in [6, 6.07) is 14.9. The van der Waals surface area contributed by atoms with Crippen LogP contribution in [0.4, 0.5) is 4.79 Å². The fourth-order valence-electron chi connectivity index (χ4n) is 3.14. The molecule has 1 amide bonds. The van der Waals surface area contributed by atoms with Crippen LogP contribution in [0.5, 0.6) is 0 Å². The Morgan fingerprint density at radius 3 is 2.24 bits per heavy atom. The molecule has 0 unspecified atom stereocenters. The van der Waals surface area contributed by atoms with E-state index < -0.39 is 30.2 Å². The summed E-state index contributed by atoms with van der Waals surface area (Å²) < 4.78 is 5.27. The number of aliphatic hydroxyl groups is 1. The number of aliphatic hydroxyl groups excluding tert-OH is 1. The second-order valence-corrected chi connectivity index (χ2v) is 5.86. The molecule has 2 N–H and O–H groups in total. The quantitative estimate of drug-likeness (QED) is 0.619. The molecule has 1 atom stereocenters. The molecule has 7 heteroatoms. The minimum absolute atomic E-state index is 0.0822. The van der Waals surface area contributed by atoms with Crippen LogP contribution in [0.2, 0.25) is 0 Å². The van der Waals surface area contributed by atoms with Gasteiger partial charge in [0, 0.05) is 10.8 Å². The summed E-state index contributed by atoms with van der Waals surface area (Å²) in [5, 5.41) is 21.9. The fraction of sp³-hybridized carbons (Fsp3) is 0.278. The second-order valence-electron chi connectivity index (χ2n) is 5.86. The minimum Gasteiger partial charge on any atom is -0.449 e. The van der Waals surface area contributed by atoms with Crippen molar-refractivity contribution in [1.29, 1.82) is 0 Å². The number of fused-ring (bicyclic) bond motifs is 3. The van der Waals surface area contributed by atoms with Crippen LogP contribution in [-0.2, 0) is 4.74 Å². The van der Waals surface area contributed by atoms with Gasteiger partial charge in [0.05, 0.1) is 6.61 Å². The SMILES string of the molecule is O=C(N[C@H](CO)C[N+](=O)[O-])OCC1c2ccccc2-c2ccccc21. The van der Waals surface area contributed by atoms with E-state index in [1.54, 1.807) is 0 Å². The number of benzene rings is 2. The van der Waals surface area contributed by atoms with Gasteiger partial charge < -0.3 is 15.2 Å². The molecule has 25 heavy (non-hydrogen) atoms. The van der Waals surface area contributed by atoms with E-state index in [0.29, 0.717) is 0 Å². The third kappa shape index (κ3) is 3.61. The van der Waals surface area contributed by atoms with Crippen molar-refractivity contribution < 1.29 is 19.6 Å². The summed E-state index contributed by atoms with van der Waals surface area (Å²) >= 11 is 0. The lowest BCUT2D eigenvalue weighted by Crippen LogP contribution is -2.42. The summed E-state index contributed by atoms with van der Waals surface area (Å²) in [6.07, 6.45) is -0.775. The van der Waals surface area contributed by atoms with Crippen LogP contribution in [0.1, 0.15) is 17.0 Å². The Bertz CT molecular complexity index is 747. The van der Waals surface area contributed by atoms with Gasteiger partial charge in [0.25, 0.3) is 0 Å². The Balaban J connectivity index is 1.69. The average Bonchev–Trinajstić information content (AvgIpc) is 2.93. The van der Waals surface area contributed by atoms with Crippen LogP contribution in [0, 0.1) is 10.1 Å². The summed E-state index contributed by atoms with van der Waals surface area (Å²) in [7, 11) is 0. The number of nitrogens with one attached hydrogen (secondary N) is 1. The molecular formula is C18H18N2O5. The van der Waals surface area contributed by atoms with Gasteiger partial charge in [-0.05, 0) is 22.3 Å². The van der Waals surface area contributed by atoms with Crippen molar-refractivity contribution in [1.82, 2.24) is 5.32 Å². The van der Waals surface area contributed by atoms with Gasteiger partial charge in [0.1, 0.15) is 12.6 Å². The molecule has 0 fully saturated rings. The zero-order valence-corrected chi connectivity index (χ0v) is 13.4. The molecule has 1 aliphatic carbocycles. The van der Waals surface area contributed by atoms with E-state index in [1.807, 2.05) is 48.5 Å². The molecule has 0 radical (unpaired) electrons. The van der Waals surface area contributed by atoms with Crippen molar-refractivity contribution in [2.75, 3.05) is 19.8 Å². The normalized spacial score (nSPS) is 13.6. The first-order valence-corrected chi connectivity index (χ1v) is 7.94. The van der Waals surface area contributed by atoms with Crippen LogP contribution in [-0.4, -0.2) is 41.9 Å². The molecule has 3 rings (SSSR count). The number of carbonyl (C=O) groups excluding carboxylic acids is 1. The number of ether oxygens (including phenoxy) is 1. The van der Waals surface area contributed by atoms with Gasteiger partial charge in [0.2, 0.25) is 6.54 Å². The molecule has 1 aliphatic rings. The first-order valence-electron chi connectivity index (χ1n) is 7.94. The molecule has 2 aromatic carbocycles. The molecule has 0 heterocycles. The number of nitrogens with zero attached hydrogens (tertiary/aromatic N) is 1. The molecule has 7 nitrogen and oxygen atoms in total. The Kier molecular flexibility index (Phi) is 4.95. The molecule has 0 saturated carbocycles. The van der Waals surface area contributed by atoms with Crippen molar-refractivity contribution >= 4 is 6.09 Å². The molecule has 130 valence electrons. The fourth-order valence-corrected chi connectivity index (χ4v) is 3.14. The van der Waals surface area contributed by atoms with Gasteiger partial charge in [-0.3, -0.25) is 10.1 Å². The van der Waals surface area contributed by atoms with Crippen molar-refractivity contribution in [2.45, 2.75) is 12.0 Å². The predicted octanol–water partition coefficient (Wildman–Crippen LogP) is 2.16. The zero-order valence-electron chi connectivity index (χ0n) is 13.4. The van der Waals surface area contributed by atoms with Gasteiger partial charge in [-0.1, -0.05) is 48.5 Å². The number of rotatable bonds is 6. The third-order valence-electron chi connectivity index (χ3n) is 4.26. The van der Waals surface area contributed by atoms with Crippen LogP contribution in [0.25, 0.3) is 11.1 Å². The highest BCUT2D eigenvalue weighted by Gasteiger charge is 2.29. The first-order chi connectivity index (χ1) is 12.1. The van der Waals surface area contributed by atoms with E-state index in [0.717, 1.165) is 22.3 Å². The highest BCUT2D eigenvalue weighted by molar-refractivity contribution is 5.79. The summed E-state index contributed by atoms with van der Waals surface area (Å²) in [6.45, 7) is -0.956. The predicted molar refractivity (Wildman–Crippen MR) is 90.9 cm³/mol. The lowest BCUT2D eigenvalue weighted by atomic mass is 9.98. The van der Waals surface area contributed by atoms with Gasteiger partial charge in [-0.2, -0.15) is 0 Å². The van der Waals surface area contributed by atoms with E-state index >= 15 is 0 Å². The number of amides is 1. The molecule has 2 aromatic rings. The maximum absolute atomic E-state index is 11.9. The third-order valence-corrected chi connectivity index (χ3v) is 4.26. The minimum atomic E-state index is -0.967. The van der Waals surface area contributed by atoms with E-state index in [4.69, 9.17) is 9.84 Å². The van der Waals surface area contributed by atoms with E-state index in [-0.39, 0.29) is 12.5 Å². The van der Waals surface area contributed by atoms with E-state index in [9.17, 15) is 14.9 Å². The number of hydrogen-bond acceptors (Lipinski definition) is 5. The monoisotopic (exact) mass is 342 g/mol. The lowest BCUT2D eigenvalue weighted by molar-refractivity contribution is -0.483. The summed E-state index contributed by atoms with van der Waals surface area (Å²) in [4.78, 5) is 21.8. The van der Waals surface area contributed by atoms with Crippen LogP contribution in [0.15, 0.2) is 48.5 Å². The number of alkyl carbamates (subject to hydrolysis) is 1. The Morgan fingerprint density at radius 1 is 1.16 bits per heavy atom. The number of carbonyl (C=O) groups is 1. The average molecular weight is 342 g/mol. The second kappa shape index (κ2) is 7.31. The standard InChI is InChI=1S/C18H18N2O5/c21-10-12(9-20(23)24)19-18(22)25-11-17-15-7-3-1-5-13(15)14-6-2-4-8-16(14)17/h1-8,12,17,21H,9-11H2,(H,19,22)/t12-/m0/s1. The zero-order chi connectivity index (χ0) is 17.8. The van der Waals surface area contributed by atoms with Crippen molar-refractivity contribution in [3.8, 4) is 11.1 Å². The Morgan fingerprint density at radius 2 is 1.72 bits per heavy atom. The molecule has 0 aliphatic heterocycles. The number of nitro groups is 1. The smallest absolute Gasteiger partial charge is 0.407 e. The Hall–Kier alpha value is -2.93. The van der Waals surface area contributed by atoms with Crippen LogP contribution in [0.3, 0.4) is 0 Å². The topological polar surface area (TPSA) is 102 Å². The van der Waals surface area contributed by atoms with Crippen LogP contribution < -0.4 is 5.32 Å². The lowest BCUT2D eigenvalue weighted by Gasteiger charge is -2.16.